The van der Waals surface area contributed by atoms with Gasteiger partial charge in [-0.15, -0.1) is 0 Å². The fourth-order valence-corrected chi connectivity index (χ4v) is 14.9. The number of hydrogen-bond acceptors (Lipinski definition) is 22. The molecule has 0 bridgehead atoms. The maximum Gasteiger partial charge on any atom is 0.187 e. The average molecular weight is 1050 g/mol. The molecule has 31 atom stereocenters. The predicted molar refractivity (Wildman–Crippen MR) is 249 cm³/mol. The van der Waals surface area contributed by atoms with Crippen molar-refractivity contribution in [3.63, 3.8) is 0 Å². The second kappa shape index (κ2) is 21.8. The van der Waals surface area contributed by atoms with Crippen molar-refractivity contribution in [2.24, 2.45) is 46.3 Å². The SMILES string of the molecule is C[C@@H](CC[C@]1(O)O[C@H]2C[C@H]3[C@@H]4CC=C5C[C@@H](O[C@H]6O[C@H](CO)[C@@H](O)[C@H](O[C@@H]7O[C@@H](C)[C@H](O)[C@@H](O)[C@H]7O)[C@H]6O[C@@H]6O[C@@H](C)[C@H](O)[C@@H](O)[C@H]6O)CC[C@]5(C)[C@H]4CC[C@]3(C)[C@H]2[C@@H]1C)CO[C@@H]1O[C@H](CO)[C@@H](O)[C@H](O)[C@H]1O. The van der Waals surface area contributed by atoms with Gasteiger partial charge in [-0.3, -0.25) is 0 Å². The molecule has 0 aromatic carbocycles. The molecule has 8 fully saturated rings. The van der Waals surface area contributed by atoms with Crippen molar-refractivity contribution in [1.82, 2.24) is 0 Å². The van der Waals surface area contributed by atoms with Crippen molar-refractivity contribution >= 4 is 0 Å². The van der Waals surface area contributed by atoms with Gasteiger partial charge in [0.2, 0.25) is 0 Å². The van der Waals surface area contributed by atoms with E-state index in [1.54, 1.807) is 0 Å². The lowest BCUT2D eigenvalue weighted by molar-refractivity contribution is -0.393. The van der Waals surface area contributed by atoms with Crippen LogP contribution in [-0.2, 0) is 42.6 Å². The van der Waals surface area contributed by atoms with Crippen LogP contribution in [0.4, 0.5) is 0 Å². The Morgan fingerprint density at radius 3 is 1.85 bits per heavy atom. The van der Waals surface area contributed by atoms with E-state index in [1.807, 2.05) is 6.92 Å². The van der Waals surface area contributed by atoms with E-state index in [2.05, 4.69) is 26.8 Å². The van der Waals surface area contributed by atoms with E-state index in [4.69, 9.17) is 42.6 Å². The van der Waals surface area contributed by atoms with Crippen molar-refractivity contribution in [2.75, 3.05) is 19.8 Å². The molecule has 9 aliphatic rings. The Balaban J connectivity index is 0.860. The Kier molecular flexibility index (Phi) is 16.9. The maximum absolute atomic E-state index is 12.1. The number of ether oxygens (including phenoxy) is 9. The van der Waals surface area contributed by atoms with Crippen LogP contribution in [0.1, 0.15) is 99.3 Å². The minimum absolute atomic E-state index is 0.0640. The Hall–Kier alpha value is -1.14. The lowest BCUT2D eigenvalue weighted by Crippen LogP contribution is -2.67. The molecule has 73 heavy (non-hydrogen) atoms. The minimum Gasteiger partial charge on any atom is -0.394 e. The molecule has 13 N–H and O–H groups in total. The first-order chi connectivity index (χ1) is 34.5. The summed E-state index contributed by atoms with van der Waals surface area (Å²) in [5.41, 5.74) is 1.05. The first kappa shape index (κ1) is 56.6. The van der Waals surface area contributed by atoms with Crippen LogP contribution in [0.3, 0.4) is 0 Å². The van der Waals surface area contributed by atoms with E-state index in [0.717, 1.165) is 32.1 Å². The summed E-state index contributed by atoms with van der Waals surface area (Å²) in [6.45, 7) is 10.7. The zero-order valence-corrected chi connectivity index (χ0v) is 42.7. The average Bonchev–Trinajstić information content (AvgIpc) is 3.80. The Labute approximate surface area is 426 Å². The fourth-order valence-electron chi connectivity index (χ4n) is 14.9. The monoisotopic (exact) mass is 1050 g/mol. The van der Waals surface area contributed by atoms with Crippen molar-refractivity contribution in [3.05, 3.63) is 11.6 Å². The summed E-state index contributed by atoms with van der Waals surface area (Å²) in [6.07, 6.45) is -20.7. The zero-order chi connectivity index (χ0) is 52.8. The van der Waals surface area contributed by atoms with E-state index < -0.39 is 148 Å². The third-order valence-corrected chi connectivity index (χ3v) is 19.5. The molecule has 22 heteroatoms. The van der Waals surface area contributed by atoms with Crippen LogP contribution in [0.25, 0.3) is 0 Å². The van der Waals surface area contributed by atoms with Gasteiger partial charge in [-0.2, -0.15) is 0 Å². The van der Waals surface area contributed by atoms with Crippen LogP contribution in [0, 0.1) is 46.3 Å². The van der Waals surface area contributed by atoms with Crippen LogP contribution in [0.15, 0.2) is 11.6 Å². The van der Waals surface area contributed by atoms with Crippen LogP contribution in [0.2, 0.25) is 0 Å². The van der Waals surface area contributed by atoms with Crippen LogP contribution < -0.4 is 0 Å². The van der Waals surface area contributed by atoms with E-state index >= 15 is 0 Å². The highest BCUT2D eigenvalue weighted by atomic mass is 16.8. The minimum atomic E-state index is -1.77. The summed E-state index contributed by atoms with van der Waals surface area (Å²) in [7, 11) is 0. The highest BCUT2D eigenvalue weighted by molar-refractivity contribution is 5.26. The number of hydrogen-bond donors (Lipinski definition) is 13. The first-order valence-corrected chi connectivity index (χ1v) is 26.8. The van der Waals surface area contributed by atoms with E-state index in [-0.39, 0.29) is 41.3 Å². The van der Waals surface area contributed by atoms with Gasteiger partial charge >= 0.3 is 0 Å². The number of allylic oxidation sites excluding steroid dienone is 1. The lowest BCUT2D eigenvalue weighted by atomic mass is 9.47. The molecule has 3 saturated carbocycles. The molecule has 0 aromatic heterocycles. The van der Waals surface area contributed by atoms with Gasteiger partial charge < -0.3 is 109 Å². The van der Waals surface area contributed by atoms with E-state index in [9.17, 15) is 66.4 Å². The van der Waals surface area contributed by atoms with Crippen molar-refractivity contribution < 1.29 is 109 Å². The van der Waals surface area contributed by atoms with Gasteiger partial charge in [-0.1, -0.05) is 39.3 Å². The van der Waals surface area contributed by atoms with Gasteiger partial charge in [0.15, 0.2) is 30.9 Å². The summed E-state index contributed by atoms with van der Waals surface area (Å²) in [6, 6.07) is 0. The summed E-state index contributed by atoms with van der Waals surface area (Å²) in [5.74, 6) is -0.265. The normalized spacial score (nSPS) is 55.5. The summed E-state index contributed by atoms with van der Waals surface area (Å²) < 4.78 is 55.0. The molecule has 4 aliphatic carbocycles. The van der Waals surface area contributed by atoms with Crippen LogP contribution in [-0.4, -0.2) is 227 Å². The summed E-state index contributed by atoms with van der Waals surface area (Å²) in [5, 5.41) is 139. The zero-order valence-electron chi connectivity index (χ0n) is 42.7. The second-order valence-electron chi connectivity index (χ2n) is 23.8. The number of aliphatic hydroxyl groups excluding tert-OH is 12. The molecule has 9 rings (SSSR count). The van der Waals surface area contributed by atoms with Crippen LogP contribution >= 0.6 is 0 Å². The first-order valence-electron chi connectivity index (χ1n) is 26.8. The second-order valence-corrected chi connectivity index (χ2v) is 23.8. The molecule has 0 aromatic rings. The van der Waals surface area contributed by atoms with Gasteiger partial charge in [0.1, 0.15) is 85.5 Å². The molecule has 0 radical (unpaired) electrons. The van der Waals surface area contributed by atoms with E-state index in [1.165, 1.54) is 19.4 Å². The topological polar surface area (TPSA) is 346 Å². The van der Waals surface area contributed by atoms with Crippen molar-refractivity contribution in [3.8, 4) is 0 Å². The largest absolute Gasteiger partial charge is 0.394 e. The molecule has 5 heterocycles. The molecule has 0 amide bonds. The Bertz CT molecular complexity index is 1900. The third-order valence-electron chi connectivity index (χ3n) is 19.5. The quantitative estimate of drug-likeness (QED) is 0.0839. The van der Waals surface area contributed by atoms with Crippen molar-refractivity contribution in [2.45, 2.75) is 240 Å². The van der Waals surface area contributed by atoms with Gasteiger partial charge in [0.05, 0.1) is 44.2 Å². The number of rotatable bonds is 14. The maximum atomic E-state index is 12.1. The number of fused-ring (bicyclic) bond motifs is 7. The van der Waals surface area contributed by atoms with Crippen molar-refractivity contribution in [1.29, 1.82) is 0 Å². The Morgan fingerprint density at radius 1 is 0.644 bits per heavy atom. The molecule has 22 nitrogen and oxygen atoms in total. The Morgan fingerprint density at radius 2 is 1.22 bits per heavy atom. The molecule has 0 unspecified atom stereocenters. The van der Waals surface area contributed by atoms with Gasteiger partial charge in [0.25, 0.3) is 0 Å². The summed E-state index contributed by atoms with van der Waals surface area (Å²) in [4.78, 5) is 0. The highest BCUT2D eigenvalue weighted by Gasteiger charge is 2.68. The standard InChI is InChI=1S/C51H84O22/c1-20(19-65-45-40(61)39(60)35(56)30(17-52)69-45)9-14-51(64)21(2)32-29(73-51)16-28-26-8-7-24-15-25(10-12-49(24,5)27(26)11-13-50(28,32)6)68-48-44(72-47-42(63)38(59)34(55)23(4)67-47)43(36(57)31(18-53)70-48)71-46-41(62)37(58)33(54)22(3)66-46/h7,20-23,25-48,52-64H,8-19H2,1-6H3/t20-,21-,22-,23-,25-,26+,27-,28-,29-,30+,31+,32-,33-,34-,35+,36+,37+,38+,39-,40+,41+,42+,43-,44+,45+,46-,47-,48-,49-,50-,51-/m0/s1. The highest BCUT2D eigenvalue weighted by Crippen LogP contribution is 2.70. The lowest BCUT2D eigenvalue weighted by Gasteiger charge is -2.58. The molecular formula is C51H84O22. The smallest absolute Gasteiger partial charge is 0.187 e. The molecular weight excluding hydrogens is 965 g/mol. The number of aliphatic hydroxyl groups is 13. The molecule has 5 aliphatic heterocycles. The van der Waals surface area contributed by atoms with Gasteiger partial charge in [-0.05, 0) is 106 Å². The summed E-state index contributed by atoms with van der Waals surface area (Å²) >= 11 is 0. The molecule has 5 saturated heterocycles. The van der Waals surface area contributed by atoms with Crippen LogP contribution in [0.5, 0.6) is 0 Å². The van der Waals surface area contributed by atoms with E-state index in [0.29, 0.717) is 43.4 Å². The van der Waals surface area contributed by atoms with Gasteiger partial charge in [0, 0.05) is 12.3 Å². The fraction of sp³-hybridized carbons (Fsp3) is 0.961. The third kappa shape index (κ3) is 10.2. The molecule has 0 spiro atoms. The van der Waals surface area contributed by atoms with Gasteiger partial charge in [-0.25, -0.2) is 0 Å². The predicted octanol–water partition coefficient (Wildman–Crippen LogP) is -1.98. The molecule has 420 valence electrons.